The van der Waals surface area contributed by atoms with Crippen LogP contribution in [-0.2, 0) is 24.3 Å². The van der Waals surface area contributed by atoms with Crippen LogP contribution in [0.4, 0.5) is 11.4 Å². The minimum Gasteiger partial charge on any atom is -0.479 e. The number of aliphatic carboxylic acids is 1. The van der Waals surface area contributed by atoms with Crippen LogP contribution in [0.15, 0.2) is 91.5 Å². The number of carbonyl (C=O) groups is 1. The largest absolute Gasteiger partial charge is 0.479 e. The molecule has 5 N–H and O–H groups in total. The monoisotopic (exact) mass is 530 g/mol. The van der Waals surface area contributed by atoms with E-state index < -0.39 is 12.0 Å². The number of carboxylic acid groups (broad SMARTS) is 1. The van der Waals surface area contributed by atoms with Crippen molar-refractivity contribution in [3.63, 3.8) is 0 Å². The van der Waals surface area contributed by atoms with Crippen LogP contribution in [0.25, 0.3) is 0 Å². The number of rotatable bonds is 11. The fourth-order valence-electron chi connectivity index (χ4n) is 4.12. The zero-order chi connectivity index (χ0) is 26.2. The van der Waals surface area contributed by atoms with Gasteiger partial charge in [-0.1, -0.05) is 25.1 Å². The summed E-state index contributed by atoms with van der Waals surface area (Å²) >= 11 is 0. The van der Waals surface area contributed by atoms with Crippen LogP contribution >= 0.6 is 12.4 Å². The third-order valence-electron chi connectivity index (χ3n) is 6.05. The Morgan fingerprint density at radius 2 is 1.58 bits per heavy atom. The van der Waals surface area contributed by atoms with Crippen LogP contribution < -0.4 is 16.0 Å². The average Bonchev–Trinajstić information content (AvgIpc) is 2.92. The molecule has 196 valence electrons. The van der Waals surface area contributed by atoms with Gasteiger partial charge in [-0.2, -0.15) is 0 Å². The van der Waals surface area contributed by atoms with Crippen molar-refractivity contribution in [2.24, 2.45) is 5.73 Å². The summed E-state index contributed by atoms with van der Waals surface area (Å²) in [4.78, 5) is 23.1. The Bertz CT molecular complexity index is 1310. The Hall–Kier alpha value is -4.43. The standard InChI is InChI=1S/C29H30N6O2.ClH/c1-2-20-13-24(27(29(36)37)34-25-9-7-23(8-10-25)28(30)31)15-26(14-20)35(18-21-5-3-11-32-16-21)19-22-6-4-12-33-17-22;/h3-17,27,34H,2,18-19H2,1H3,(H3,30,31)(H,36,37);1H. The maximum absolute atomic E-state index is 12.4. The van der Waals surface area contributed by atoms with E-state index in [9.17, 15) is 9.90 Å². The molecule has 0 aliphatic heterocycles. The second-order valence-corrected chi connectivity index (χ2v) is 8.77. The zero-order valence-electron chi connectivity index (χ0n) is 21.0. The van der Waals surface area contributed by atoms with Gasteiger partial charge in [0.05, 0.1) is 0 Å². The smallest absolute Gasteiger partial charge is 0.330 e. The number of benzene rings is 2. The number of nitrogens with zero attached hydrogens (tertiary/aromatic N) is 3. The van der Waals surface area contributed by atoms with Gasteiger partial charge in [-0.15, -0.1) is 12.4 Å². The first-order chi connectivity index (χ1) is 17.9. The number of halogens is 1. The maximum atomic E-state index is 12.4. The van der Waals surface area contributed by atoms with Crippen LogP contribution in [0.3, 0.4) is 0 Å². The van der Waals surface area contributed by atoms with Gasteiger partial charge in [0.2, 0.25) is 0 Å². The minimum absolute atomic E-state index is 0. The van der Waals surface area contributed by atoms with E-state index >= 15 is 0 Å². The van der Waals surface area contributed by atoms with E-state index in [1.54, 1.807) is 36.7 Å². The van der Waals surface area contributed by atoms with Crippen LogP contribution in [0.5, 0.6) is 0 Å². The Morgan fingerprint density at radius 1 is 0.974 bits per heavy atom. The summed E-state index contributed by atoms with van der Waals surface area (Å²) in [7, 11) is 0. The number of nitrogen functional groups attached to an aromatic ring is 1. The van der Waals surface area contributed by atoms with Crippen LogP contribution in [0.2, 0.25) is 0 Å². The van der Waals surface area contributed by atoms with E-state index in [0.29, 0.717) is 29.9 Å². The summed E-state index contributed by atoms with van der Waals surface area (Å²) < 4.78 is 0. The third kappa shape index (κ3) is 7.30. The molecule has 8 nitrogen and oxygen atoms in total. The number of aryl methyl sites for hydroxylation is 1. The lowest BCUT2D eigenvalue weighted by molar-refractivity contribution is -0.138. The minimum atomic E-state index is -0.985. The number of nitrogens with two attached hydrogens (primary N) is 1. The van der Waals surface area contributed by atoms with Crippen molar-refractivity contribution in [2.45, 2.75) is 32.5 Å². The molecule has 0 spiro atoms. The first kappa shape index (κ1) is 28.1. The molecule has 2 aromatic heterocycles. The topological polar surface area (TPSA) is 128 Å². The number of nitrogens with one attached hydrogen (secondary N) is 2. The molecule has 0 saturated carbocycles. The highest BCUT2D eigenvalue weighted by molar-refractivity contribution is 5.95. The molecule has 9 heteroatoms. The van der Waals surface area contributed by atoms with Gasteiger partial charge in [-0.05, 0) is 77.2 Å². The lowest BCUT2D eigenvalue weighted by atomic mass is 10.00. The highest BCUT2D eigenvalue weighted by atomic mass is 35.5. The first-order valence-corrected chi connectivity index (χ1v) is 12.0. The summed E-state index contributed by atoms with van der Waals surface area (Å²) in [5.41, 5.74) is 11.5. The predicted octanol–water partition coefficient (Wildman–Crippen LogP) is 5.19. The second kappa shape index (κ2) is 13.2. The molecule has 0 amide bonds. The van der Waals surface area contributed by atoms with E-state index in [1.807, 2.05) is 48.8 Å². The number of hydrogen-bond acceptors (Lipinski definition) is 6. The summed E-state index contributed by atoms with van der Waals surface area (Å²) in [6.45, 7) is 3.26. The normalized spacial score (nSPS) is 11.2. The van der Waals surface area contributed by atoms with Gasteiger partial charge in [0, 0.05) is 54.8 Å². The van der Waals surface area contributed by atoms with Crippen LogP contribution in [-0.4, -0.2) is 26.9 Å². The van der Waals surface area contributed by atoms with Crippen molar-refractivity contribution in [3.05, 3.63) is 119 Å². The summed E-state index contributed by atoms with van der Waals surface area (Å²) in [6, 6.07) is 19.7. The lowest BCUT2D eigenvalue weighted by Gasteiger charge is -2.27. The quantitative estimate of drug-likeness (QED) is 0.155. The van der Waals surface area contributed by atoms with Crippen molar-refractivity contribution in [1.82, 2.24) is 9.97 Å². The molecule has 2 aromatic carbocycles. The molecular weight excluding hydrogens is 500 g/mol. The molecule has 0 saturated heterocycles. The average molecular weight is 531 g/mol. The molecule has 0 radical (unpaired) electrons. The number of carboxylic acids is 1. The maximum Gasteiger partial charge on any atom is 0.330 e. The molecule has 0 aliphatic rings. The number of hydrogen-bond donors (Lipinski definition) is 4. The fourth-order valence-corrected chi connectivity index (χ4v) is 4.12. The zero-order valence-corrected chi connectivity index (χ0v) is 21.9. The highest BCUT2D eigenvalue weighted by Crippen LogP contribution is 2.29. The Morgan fingerprint density at radius 3 is 2.05 bits per heavy atom. The lowest BCUT2D eigenvalue weighted by Crippen LogP contribution is -2.24. The van der Waals surface area contributed by atoms with Crippen molar-refractivity contribution in [1.29, 1.82) is 5.41 Å². The Labute approximate surface area is 228 Å². The third-order valence-corrected chi connectivity index (χ3v) is 6.05. The number of pyridine rings is 2. The molecule has 0 aliphatic carbocycles. The van der Waals surface area contributed by atoms with Crippen LogP contribution in [0, 0.1) is 5.41 Å². The first-order valence-electron chi connectivity index (χ1n) is 12.0. The van der Waals surface area contributed by atoms with Gasteiger partial charge >= 0.3 is 5.97 Å². The summed E-state index contributed by atoms with van der Waals surface area (Å²) in [6.07, 6.45) is 7.93. The van der Waals surface area contributed by atoms with E-state index in [-0.39, 0.29) is 18.2 Å². The Balaban J connectivity index is 0.00000400. The second-order valence-electron chi connectivity index (χ2n) is 8.77. The van der Waals surface area contributed by atoms with E-state index in [1.165, 1.54) is 0 Å². The van der Waals surface area contributed by atoms with Gasteiger partial charge in [0.1, 0.15) is 5.84 Å². The van der Waals surface area contributed by atoms with E-state index in [2.05, 4.69) is 33.2 Å². The van der Waals surface area contributed by atoms with Gasteiger partial charge in [0.15, 0.2) is 6.04 Å². The summed E-state index contributed by atoms with van der Waals surface area (Å²) in [5.74, 6) is -1.02. The Kier molecular flexibility index (Phi) is 9.79. The SMILES string of the molecule is CCc1cc(C(Nc2ccc(C(=N)N)cc2)C(=O)O)cc(N(Cc2cccnc2)Cc2cccnc2)c1.Cl. The molecule has 2 heterocycles. The summed E-state index contributed by atoms with van der Waals surface area (Å²) in [5, 5.41) is 20.8. The molecule has 1 unspecified atom stereocenters. The fraction of sp³-hybridized carbons (Fsp3) is 0.172. The number of amidine groups is 1. The number of anilines is 2. The van der Waals surface area contributed by atoms with Crippen molar-refractivity contribution >= 4 is 35.6 Å². The molecule has 0 fully saturated rings. The van der Waals surface area contributed by atoms with E-state index in [0.717, 1.165) is 28.8 Å². The molecule has 1 atom stereocenters. The van der Waals surface area contributed by atoms with Crippen molar-refractivity contribution in [2.75, 3.05) is 10.2 Å². The number of aromatic nitrogens is 2. The molecule has 4 rings (SSSR count). The predicted molar refractivity (Wildman–Crippen MR) is 153 cm³/mol. The van der Waals surface area contributed by atoms with Gasteiger partial charge in [-0.25, -0.2) is 4.79 Å². The van der Waals surface area contributed by atoms with E-state index in [4.69, 9.17) is 11.1 Å². The van der Waals surface area contributed by atoms with Crippen LogP contribution in [0.1, 0.15) is 40.8 Å². The van der Waals surface area contributed by atoms with Crippen molar-refractivity contribution in [3.8, 4) is 0 Å². The highest BCUT2D eigenvalue weighted by Gasteiger charge is 2.22. The molecular formula is C29H31ClN6O2. The van der Waals surface area contributed by atoms with Gasteiger partial charge < -0.3 is 21.1 Å². The molecule has 0 bridgehead atoms. The van der Waals surface area contributed by atoms with Gasteiger partial charge in [-0.3, -0.25) is 15.4 Å². The van der Waals surface area contributed by atoms with Gasteiger partial charge in [0.25, 0.3) is 0 Å². The molecule has 4 aromatic rings. The van der Waals surface area contributed by atoms with Crippen molar-refractivity contribution < 1.29 is 9.90 Å². The molecule has 38 heavy (non-hydrogen) atoms.